The summed E-state index contributed by atoms with van der Waals surface area (Å²) in [4.78, 5) is 0. The van der Waals surface area contributed by atoms with Gasteiger partial charge in [-0.1, -0.05) is 36.4 Å². The zero-order valence-corrected chi connectivity index (χ0v) is 11.2. The molecule has 0 fully saturated rings. The predicted molar refractivity (Wildman–Crippen MR) is 76.1 cm³/mol. The van der Waals surface area contributed by atoms with Gasteiger partial charge in [-0.25, -0.2) is 0 Å². The molecular weight excluding hydrogens is 254 g/mol. The highest BCUT2D eigenvalue weighted by Gasteiger charge is 2.22. The quantitative estimate of drug-likeness (QED) is 0.907. The number of fused-ring (bicyclic) bond motifs is 1. The highest BCUT2D eigenvalue weighted by molar-refractivity contribution is 5.57. The molecule has 0 unspecified atom stereocenters. The monoisotopic (exact) mass is 271 g/mol. The number of benzene rings is 2. The molecule has 1 aliphatic heterocycles. The standard InChI is InChI=1S/C16H17NO3/c17-9-8-13-6-7-14-16(20-11-19-14)15(13)18-10-12-4-2-1-3-5-12/h1-7H,8-11,17H2. The minimum Gasteiger partial charge on any atom is -0.485 e. The van der Waals surface area contributed by atoms with E-state index in [-0.39, 0.29) is 6.79 Å². The van der Waals surface area contributed by atoms with E-state index >= 15 is 0 Å². The summed E-state index contributed by atoms with van der Waals surface area (Å²) in [5, 5.41) is 0. The van der Waals surface area contributed by atoms with Crippen molar-refractivity contribution >= 4 is 0 Å². The van der Waals surface area contributed by atoms with Gasteiger partial charge in [-0.15, -0.1) is 0 Å². The van der Waals surface area contributed by atoms with Gasteiger partial charge in [0, 0.05) is 0 Å². The van der Waals surface area contributed by atoms with E-state index in [4.69, 9.17) is 19.9 Å². The van der Waals surface area contributed by atoms with Crippen molar-refractivity contribution in [2.24, 2.45) is 5.73 Å². The van der Waals surface area contributed by atoms with Crippen LogP contribution in [0.4, 0.5) is 0 Å². The maximum atomic E-state index is 5.96. The van der Waals surface area contributed by atoms with E-state index in [0.717, 1.165) is 29.0 Å². The van der Waals surface area contributed by atoms with Gasteiger partial charge in [0.25, 0.3) is 0 Å². The molecule has 3 rings (SSSR count). The van der Waals surface area contributed by atoms with Crippen molar-refractivity contribution in [1.82, 2.24) is 0 Å². The van der Waals surface area contributed by atoms with Crippen molar-refractivity contribution in [1.29, 1.82) is 0 Å². The Morgan fingerprint density at radius 1 is 1.05 bits per heavy atom. The normalized spacial score (nSPS) is 12.4. The first-order chi connectivity index (χ1) is 9.88. The SMILES string of the molecule is NCCc1ccc2c(c1OCc1ccccc1)OCO2. The Kier molecular flexibility index (Phi) is 3.74. The Morgan fingerprint density at radius 2 is 1.90 bits per heavy atom. The maximum absolute atomic E-state index is 5.96. The van der Waals surface area contributed by atoms with Crippen LogP contribution in [0.1, 0.15) is 11.1 Å². The first-order valence-corrected chi connectivity index (χ1v) is 6.67. The summed E-state index contributed by atoms with van der Waals surface area (Å²) < 4.78 is 16.9. The van der Waals surface area contributed by atoms with Crippen molar-refractivity contribution in [2.75, 3.05) is 13.3 Å². The van der Waals surface area contributed by atoms with Gasteiger partial charge in [-0.3, -0.25) is 0 Å². The number of rotatable bonds is 5. The van der Waals surface area contributed by atoms with Gasteiger partial charge >= 0.3 is 0 Å². The average molecular weight is 271 g/mol. The second-order valence-corrected chi connectivity index (χ2v) is 4.60. The highest BCUT2D eigenvalue weighted by Crippen LogP contribution is 2.43. The summed E-state index contributed by atoms with van der Waals surface area (Å²) in [7, 11) is 0. The number of hydrogen-bond acceptors (Lipinski definition) is 4. The second-order valence-electron chi connectivity index (χ2n) is 4.60. The van der Waals surface area contributed by atoms with Crippen LogP contribution in [0.25, 0.3) is 0 Å². The Hall–Kier alpha value is -2.20. The first kappa shape index (κ1) is 12.8. The molecule has 2 aromatic rings. The molecule has 0 saturated heterocycles. The molecule has 0 aromatic heterocycles. The smallest absolute Gasteiger partial charge is 0.231 e. The lowest BCUT2D eigenvalue weighted by Gasteiger charge is -2.13. The zero-order valence-electron chi connectivity index (χ0n) is 11.2. The molecule has 0 atom stereocenters. The third-order valence-corrected chi connectivity index (χ3v) is 3.21. The molecule has 20 heavy (non-hydrogen) atoms. The Labute approximate surface area is 118 Å². The zero-order chi connectivity index (χ0) is 13.8. The lowest BCUT2D eigenvalue weighted by molar-refractivity contribution is 0.169. The summed E-state index contributed by atoms with van der Waals surface area (Å²) in [6.07, 6.45) is 0.751. The highest BCUT2D eigenvalue weighted by atomic mass is 16.7. The van der Waals surface area contributed by atoms with Crippen molar-refractivity contribution in [3.05, 3.63) is 53.6 Å². The van der Waals surface area contributed by atoms with Crippen LogP contribution in [0.15, 0.2) is 42.5 Å². The molecule has 0 radical (unpaired) electrons. The summed E-state index contributed by atoms with van der Waals surface area (Å²) in [5.41, 5.74) is 7.82. The third-order valence-electron chi connectivity index (χ3n) is 3.21. The van der Waals surface area contributed by atoms with E-state index in [1.165, 1.54) is 0 Å². The van der Waals surface area contributed by atoms with E-state index in [0.29, 0.717) is 18.9 Å². The minimum atomic E-state index is 0.239. The van der Waals surface area contributed by atoms with Crippen LogP contribution in [-0.4, -0.2) is 13.3 Å². The average Bonchev–Trinajstić information content (AvgIpc) is 2.96. The largest absolute Gasteiger partial charge is 0.485 e. The number of hydrogen-bond donors (Lipinski definition) is 1. The van der Waals surface area contributed by atoms with Crippen LogP contribution in [0.5, 0.6) is 17.2 Å². The predicted octanol–water partition coefficient (Wildman–Crippen LogP) is 2.50. The van der Waals surface area contributed by atoms with Gasteiger partial charge in [-0.05, 0) is 30.2 Å². The molecule has 2 aromatic carbocycles. The van der Waals surface area contributed by atoms with Crippen molar-refractivity contribution in [2.45, 2.75) is 13.0 Å². The lowest BCUT2D eigenvalue weighted by Crippen LogP contribution is -2.06. The van der Waals surface area contributed by atoms with Crippen LogP contribution in [-0.2, 0) is 13.0 Å². The Bertz CT molecular complexity index is 584. The second kappa shape index (κ2) is 5.84. The number of ether oxygens (including phenoxy) is 3. The van der Waals surface area contributed by atoms with Gasteiger partial charge in [-0.2, -0.15) is 0 Å². The summed E-state index contributed by atoms with van der Waals surface area (Å²) in [6, 6.07) is 13.9. The third kappa shape index (κ3) is 2.56. The van der Waals surface area contributed by atoms with E-state index in [9.17, 15) is 0 Å². The van der Waals surface area contributed by atoms with Crippen LogP contribution in [0.2, 0.25) is 0 Å². The van der Waals surface area contributed by atoms with E-state index in [2.05, 4.69) is 0 Å². The van der Waals surface area contributed by atoms with E-state index < -0.39 is 0 Å². The van der Waals surface area contributed by atoms with Gasteiger partial charge in [0.05, 0.1) is 0 Å². The molecule has 4 heteroatoms. The minimum absolute atomic E-state index is 0.239. The van der Waals surface area contributed by atoms with Gasteiger partial charge in [0.2, 0.25) is 12.5 Å². The van der Waals surface area contributed by atoms with Crippen LogP contribution in [0.3, 0.4) is 0 Å². The first-order valence-electron chi connectivity index (χ1n) is 6.67. The van der Waals surface area contributed by atoms with Crippen LogP contribution in [0, 0.1) is 0 Å². The van der Waals surface area contributed by atoms with Crippen LogP contribution < -0.4 is 19.9 Å². The van der Waals surface area contributed by atoms with Crippen molar-refractivity contribution in [3.63, 3.8) is 0 Å². The van der Waals surface area contributed by atoms with Crippen molar-refractivity contribution < 1.29 is 14.2 Å². The fourth-order valence-corrected chi connectivity index (χ4v) is 2.23. The summed E-state index contributed by atoms with van der Waals surface area (Å²) in [5.74, 6) is 2.16. The molecule has 0 amide bonds. The molecule has 4 nitrogen and oxygen atoms in total. The molecule has 0 aliphatic carbocycles. The molecular formula is C16H17NO3. The fourth-order valence-electron chi connectivity index (χ4n) is 2.23. The summed E-state index contributed by atoms with van der Waals surface area (Å²) >= 11 is 0. The van der Waals surface area contributed by atoms with Crippen LogP contribution >= 0.6 is 0 Å². The fraction of sp³-hybridized carbons (Fsp3) is 0.250. The van der Waals surface area contributed by atoms with Gasteiger partial charge in [0.15, 0.2) is 11.5 Å². The van der Waals surface area contributed by atoms with Crippen molar-refractivity contribution in [3.8, 4) is 17.2 Å². The van der Waals surface area contributed by atoms with Gasteiger partial charge < -0.3 is 19.9 Å². The van der Waals surface area contributed by atoms with Gasteiger partial charge in [0.1, 0.15) is 6.61 Å². The molecule has 0 bridgehead atoms. The molecule has 1 heterocycles. The molecule has 104 valence electrons. The van der Waals surface area contributed by atoms with E-state index in [1.54, 1.807) is 0 Å². The van der Waals surface area contributed by atoms with E-state index in [1.807, 2.05) is 42.5 Å². The lowest BCUT2D eigenvalue weighted by atomic mass is 10.1. The summed E-state index contributed by atoms with van der Waals surface area (Å²) in [6.45, 7) is 1.31. The molecule has 2 N–H and O–H groups in total. The molecule has 0 saturated carbocycles. The Balaban J connectivity index is 1.85. The Morgan fingerprint density at radius 3 is 2.70 bits per heavy atom. The topological polar surface area (TPSA) is 53.7 Å². The maximum Gasteiger partial charge on any atom is 0.231 e. The molecule has 1 aliphatic rings. The number of nitrogens with two attached hydrogens (primary N) is 1. The molecule has 0 spiro atoms.